The summed E-state index contributed by atoms with van der Waals surface area (Å²) in [5, 5.41) is 8.73. The SMILES string of the molecule is Cc1nc(-c2ccc(F)c(F)c2Br)[nH]c(=O)c1CC(=O)O. The third-order valence-electron chi connectivity index (χ3n) is 2.84. The Morgan fingerprint density at radius 3 is 2.67 bits per heavy atom. The van der Waals surface area contributed by atoms with Crippen LogP contribution in [0.1, 0.15) is 11.3 Å². The maximum absolute atomic E-state index is 13.5. The Bertz CT molecular complexity index is 790. The predicted molar refractivity (Wildman–Crippen MR) is 74.0 cm³/mol. The molecule has 2 N–H and O–H groups in total. The average Bonchev–Trinajstić information content (AvgIpc) is 2.40. The highest BCUT2D eigenvalue weighted by Crippen LogP contribution is 2.29. The summed E-state index contributed by atoms with van der Waals surface area (Å²) in [4.78, 5) is 29.0. The Morgan fingerprint density at radius 1 is 1.43 bits per heavy atom. The van der Waals surface area contributed by atoms with Crippen molar-refractivity contribution in [3.63, 3.8) is 0 Å². The van der Waals surface area contributed by atoms with Crippen molar-refractivity contribution >= 4 is 21.9 Å². The number of carbonyl (C=O) groups is 1. The maximum atomic E-state index is 13.5. The van der Waals surface area contributed by atoms with Crippen molar-refractivity contribution in [3.8, 4) is 11.4 Å². The van der Waals surface area contributed by atoms with Gasteiger partial charge in [-0.15, -0.1) is 0 Å². The zero-order valence-corrected chi connectivity index (χ0v) is 12.3. The number of aryl methyl sites for hydroxylation is 1. The fourth-order valence-corrected chi connectivity index (χ4v) is 2.32. The van der Waals surface area contributed by atoms with Crippen LogP contribution in [0.15, 0.2) is 21.4 Å². The van der Waals surface area contributed by atoms with Crippen LogP contribution in [-0.2, 0) is 11.2 Å². The number of hydrogen-bond donors (Lipinski definition) is 2. The Kier molecular flexibility index (Phi) is 4.17. The molecule has 0 atom stereocenters. The van der Waals surface area contributed by atoms with E-state index in [1.807, 2.05) is 0 Å². The van der Waals surface area contributed by atoms with Crippen LogP contribution in [-0.4, -0.2) is 21.0 Å². The zero-order chi connectivity index (χ0) is 15.7. The van der Waals surface area contributed by atoms with E-state index in [-0.39, 0.29) is 27.1 Å². The molecule has 5 nitrogen and oxygen atoms in total. The minimum Gasteiger partial charge on any atom is -0.481 e. The number of aromatic amines is 1. The summed E-state index contributed by atoms with van der Waals surface area (Å²) in [7, 11) is 0. The molecule has 0 aliphatic carbocycles. The molecular formula is C13H9BrF2N2O3. The lowest BCUT2D eigenvalue weighted by atomic mass is 10.1. The number of halogens is 3. The van der Waals surface area contributed by atoms with E-state index >= 15 is 0 Å². The molecule has 0 spiro atoms. The van der Waals surface area contributed by atoms with E-state index < -0.39 is 29.6 Å². The van der Waals surface area contributed by atoms with Crippen molar-refractivity contribution < 1.29 is 18.7 Å². The highest BCUT2D eigenvalue weighted by atomic mass is 79.9. The molecule has 2 rings (SSSR count). The number of H-pyrrole nitrogens is 1. The second-order valence-corrected chi connectivity index (χ2v) is 5.06. The first kappa shape index (κ1) is 15.3. The Morgan fingerprint density at radius 2 is 2.10 bits per heavy atom. The summed E-state index contributed by atoms with van der Waals surface area (Å²) >= 11 is 2.90. The molecule has 2 aromatic rings. The van der Waals surface area contributed by atoms with E-state index in [1.54, 1.807) is 0 Å². The normalized spacial score (nSPS) is 10.7. The van der Waals surface area contributed by atoms with E-state index in [1.165, 1.54) is 13.0 Å². The fourth-order valence-electron chi connectivity index (χ4n) is 1.81. The van der Waals surface area contributed by atoms with Crippen molar-refractivity contribution in [2.45, 2.75) is 13.3 Å². The molecule has 0 amide bonds. The summed E-state index contributed by atoms with van der Waals surface area (Å²) in [5.41, 5.74) is -0.231. The van der Waals surface area contributed by atoms with E-state index in [0.29, 0.717) is 0 Å². The number of nitrogens with zero attached hydrogens (tertiary/aromatic N) is 1. The van der Waals surface area contributed by atoms with Crippen LogP contribution in [0.4, 0.5) is 8.78 Å². The van der Waals surface area contributed by atoms with Crippen LogP contribution >= 0.6 is 15.9 Å². The number of aromatic nitrogens is 2. The summed E-state index contributed by atoms with van der Waals surface area (Å²) in [6.07, 6.45) is -0.465. The molecule has 0 saturated heterocycles. The first-order valence-corrected chi connectivity index (χ1v) is 6.56. The molecule has 110 valence electrons. The minimum atomic E-state index is -1.16. The quantitative estimate of drug-likeness (QED) is 0.825. The van der Waals surface area contributed by atoms with E-state index in [4.69, 9.17) is 5.11 Å². The molecule has 8 heteroatoms. The van der Waals surface area contributed by atoms with Crippen molar-refractivity contribution in [1.82, 2.24) is 9.97 Å². The summed E-state index contributed by atoms with van der Waals surface area (Å²) in [6.45, 7) is 1.48. The zero-order valence-electron chi connectivity index (χ0n) is 10.7. The standard InChI is InChI=1S/C13H9BrF2N2O3/c1-5-7(4-9(19)20)13(21)18-12(17-5)6-2-3-8(15)11(16)10(6)14/h2-3H,4H2,1H3,(H,19,20)(H,17,18,21). The Hall–Kier alpha value is -2.09. The lowest BCUT2D eigenvalue weighted by molar-refractivity contribution is -0.136. The van der Waals surface area contributed by atoms with Crippen LogP contribution in [0, 0.1) is 18.6 Å². The number of carboxylic acids is 1. The van der Waals surface area contributed by atoms with Gasteiger partial charge in [0.1, 0.15) is 5.82 Å². The molecule has 0 radical (unpaired) electrons. The molecule has 0 unspecified atom stereocenters. The van der Waals surface area contributed by atoms with Gasteiger partial charge in [0.25, 0.3) is 5.56 Å². The van der Waals surface area contributed by atoms with E-state index in [9.17, 15) is 18.4 Å². The minimum absolute atomic E-state index is 0.0185. The third kappa shape index (κ3) is 2.99. The topological polar surface area (TPSA) is 83.0 Å². The number of hydrogen-bond acceptors (Lipinski definition) is 3. The highest BCUT2D eigenvalue weighted by Gasteiger charge is 2.17. The lowest BCUT2D eigenvalue weighted by Crippen LogP contribution is -2.20. The van der Waals surface area contributed by atoms with Gasteiger partial charge in [-0.25, -0.2) is 13.8 Å². The number of aliphatic carboxylic acids is 1. The van der Waals surface area contributed by atoms with Gasteiger partial charge in [-0.1, -0.05) is 0 Å². The van der Waals surface area contributed by atoms with Crippen molar-refractivity contribution in [2.24, 2.45) is 0 Å². The van der Waals surface area contributed by atoms with Gasteiger partial charge >= 0.3 is 5.97 Å². The molecule has 0 saturated carbocycles. The first-order chi connectivity index (χ1) is 9.81. The van der Waals surface area contributed by atoms with Gasteiger partial charge in [0.05, 0.1) is 10.9 Å². The third-order valence-corrected chi connectivity index (χ3v) is 3.62. The van der Waals surface area contributed by atoms with Gasteiger partial charge in [-0.2, -0.15) is 0 Å². The smallest absolute Gasteiger partial charge is 0.308 e. The van der Waals surface area contributed by atoms with Gasteiger partial charge in [0, 0.05) is 16.8 Å². The van der Waals surface area contributed by atoms with Gasteiger partial charge in [0.15, 0.2) is 11.6 Å². The second kappa shape index (κ2) is 5.72. The molecule has 21 heavy (non-hydrogen) atoms. The molecule has 0 bridgehead atoms. The highest BCUT2D eigenvalue weighted by molar-refractivity contribution is 9.10. The van der Waals surface area contributed by atoms with Gasteiger partial charge in [0.2, 0.25) is 0 Å². The lowest BCUT2D eigenvalue weighted by Gasteiger charge is -2.08. The average molecular weight is 359 g/mol. The molecular weight excluding hydrogens is 350 g/mol. The summed E-state index contributed by atoms with van der Waals surface area (Å²) in [6, 6.07) is 2.17. The Balaban J connectivity index is 2.60. The largest absolute Gasteiger partial charge is 0.481 e. The number of carboxylic acid groups (broad SMARTS) is 1. The van der Waals surface area contributed by atoms with Crippen LogP contribution < -0.4 is 5.56 Å². The molecule has 0 aliphatic heterocycles. The summed E-state index contributed by atoms with van der Waals surface area (Å²) in [5.74, 6) is -3.26. The number of nitrogens with one attached hydrogen (secondary N) is 1. The molecule has 1 aromatic carbocycles. The molecule has 1 heterocycles. The molecule has 1 aromatic heterocycles. The van der Waals surface area contributed by atoms with E-state index in [2.05, 4.69) is 25.9 Å². The first-order valence-electron chi connectivity index (χ1n) is 5.76. The van der Waals surface area contributed by atoms with Crippen molar-refractivity contribution in [1.29, 1.82) is 0 Å². The number of benzene rings is 1. The summed E-state index contributed by atoms with van der Waals surface area (Å²) < 4.78 is 26.4. The van der Waals surface area contributed by atoms with Gasteiger partial charge in [-0.05, 0) is 35.0 Å². The van der Waals surface area contributed by atoms with E-state index in [0.717, 1.165) is 6.07 Å². The van der Waals surface area contributed by atoms with Crippen molar-refractivity contribution in [2.75, 3.05) is 0 Å². The van der Waals surface area contributed by atoms with Gasteiger partial charge < -0.3 is 10.1 Å². The van der Waals surface area contributed by atoms with Crippen LogP contribution in [0.5, 0.6) is 0 Å². The monoisotopic (exact) mass is 358 g/mol. The molecule has 0 fully saturated rings. The van der Waals surface area contributed by atoms with Gasteiger partial charge in [-0.3, -0.25) is 9.59 Å². The second-order valence-electron chi connectivity index (χ2n) is 4.27. The predicted octanol–water partition coefficient (Wildman–Crippen LogP) is 2.41. The Labute approximate surface area is 125 Å². The van der Waals surface area contributed by atoms with Crippen LogP contribution in [0.25, 0.3) is 11.4 Å². The van der Waals surface area contributed by atoms with Crippen molar-refractivity contribution in [3.05, 3.63) is 49.9 Å². The van der Waals surface area contributed by atoms with Crippen LogP contribution in [0.2, 0.25) is 0 Å². The number of rotatable bonds is 3. The van der Waals surface area contributed by atoms with Crippen LogP contribution in [0.3, 0.4) is 0 Å². The maximum Gasteiger partial charge on any atom is 0.308 e. The molecule has 0 aliphatic rings. The fraction of sp³-hybridized carbons (Fsp3) is 0.154.